The molecule has 0 unspecified atom stereocenters. The van der Waals surface area contributed by atoms with Crippen LogP contribution in [-0.4, -0.2) is 4.98 Å². The second kappa shape index (κ2) is 14.1. The molecule has 11 rings (SSSR count). The molecule has 272 valence electrons. The zero-order chi connectivity index (χ0) is 38.4. The van der Waals surface area contributed by atoms with Gasteiger partial charge in [-0.1, -0.05) is 152 Å². The first-order valence-electron chi connectivity index (χ1n) is 19.8. The summed E-state index contributed by atoms with van der Waals surface area (Å²) < 4.78 is 0. The SMILES string of the molecule is c1ccc(-c2cc(-c3ccccc3)cc(N(c3ccccc3)c3ccc4ccc5c(N(c6ccccc6)c6ccc7ccccc7n6)ccc6ccc3c4c65)c2)cc1. The minimum atomic E-state index is 0.878. The number of aromatic nitrogens is 1. The second-order valence-electron chi connectivity index (χ2n) is 14.8. The number of fused-ring (bicyclic) bond motifs is 1. The van der Waals surface area contributed by atoms with E-state index in [4.69, 9.17) is 4.98 Å². The number of anilines is 6. The summed E-state index contributed by atoms with van der Waals surface area (Å²) in [5, 5.41) is 8.39. The summed E-state index contributed by atoms with van der Waals surface area (Å²) in [5.41, 5.74) is 11.1. The highest BCUT2D eigenvalue weighted by Gasteiger charge is 2.23. The zero-order valence-corrected chi connectivity index (χ0v) is 31.7. The van der Waals surface area contributed by atoms with Gasteiger partial charge < -0.3 is 4.90 Å². The van der Waals surface area contributed by atoms with Crippen molar-refractivity contribution in [3.05, 3.63) is 224 Å². The fourth-order valence-electron chi connectivity index (χ4n) is 8.65. The Morgan fingerprint density at radius 2 is 0.741 bits per heavy atom. The van der Waals surface area contributed by atoms with Crippen LogP contribution in [0.5, 0.6) is 0 Å². The van der Waals surface area contributed by atoms with Crippen molar-refractivity contribution in [1.29, 1.82) is 0 Å². The predicted molar refractivity (Wildman–Crippen MR) is 246 cm³/mol. The van der Waals surface area contributed by atoms with E-state index in [1.807, 2.05) is 0 Å². The molecular weight excluding hydrogens is 703 g/mol. The largest absolute Gasteiger partial charge is 0.310 e. The van der Waals surface area contributed by atoms with Gasteiger partial charge in [-0.15, -0.1) is 0 Å². The highest BCUT2D eigenvalue weighted by molar-refractivity contribution is 6.28. The van der Waals surface area contributed by atoms with Crippen LogP contribution in [0.3, 0.4) is 0 Å². The van der Waals surface area contributed by atoms with Gasteiger partial charge in [0, 0.05) is 33.2 Å². The van der Waals surface area contributed by atoms with Gasteiger partial charge in [-0.2, -0.15) is 0 Å². The molecule has 0 aliphatic heterocycles. The Bertz CT molecular complexity index is 3160. The number of rotatable bonds is 8. The van der Waals surface area contributed by atoms with Crippen LogP contribution < -0.4 is 9.80 Å². The molecule has 0 aliphatic carbocycles. The number of hydrogen-bond donors (Lipinski definition) is 0. The van der Waals surface area contributed by atoms with E-state index in [0.717, 1.165) is 45.2 Å². The van der Waals surface area contributed by atoms with Crippen molar-refractivity contribution in [2.24, 2.45) is 0 Å². The maximum atomic E-state index is 5.22. The lowest BCUT2D eigenvalue weighted by Crippen LogP contribution is -2.12. The van der Waals surface area contributed by atoms with Crippen molar-refractivity contribution in [1.82, 2.24) is 4.98 Å². The van der Waals surface area contributed by atoms with Crippen LogP contribution in [-0.2, 0) is 0 Å². The summed E-state index contributed by atoms with van der Waals surface area (Å²) in [4.78, 5) is 9.95. The fourth-order valence-corrected chi connectivity index (χ4v) is 8.65. The van der Waals surface area contributed by atoms with E-state index >= 15 is 0 Å². The number of para-hydroxylation sites is 3. The Morgan fingerprint density at radius 3 is 1.31 bits per heavy atom. The summed E-state index contributed by atoms with van der Waals surface area (Å²) in [7, 11) is 0. The van der Waals surface area contributed by atoms with E-state index in [1.165, 1.54) is 54.6 Å². The lowest BCUT2D eigenvalue weighted by molar-refractivity contribution is 1.22. The molecule has 0 spiro atoms. The maximum Gasteiger partial charge on any atom is 0.138 e. The number of benzene rings is 10. The Balaban J connectivity index is 1.16. The molecule has 3 heteroatoms. The molecule has 0 N–H and O–H groups in total. The lowest BCUT2D eigenvalue weighted by atomic mass is 9.91. The smallest absolute Gasteiger partial charge is 0.138 e. The number of nitrogens with zero attached hydrogens (tertiary/aromatic N) is 3. The van der Waals surface area contributed by atoms with Crippen LogP contribution in [0.4, 0.5) is 34.3 Å². The molecule has 10 aromatic carbocycles. The topological polar surface area (TPSA) is 19.4 Å². The van der Waals surface area contributed by atoms with Crippen molar-refractivity contribution in [3.63, 3.8) is 0 Å². The normalized spacial score (nSPS) is 11.4. The highest BCUT2D eigenvalue weighted by Crippen LogP contribution is 2.48. The Morgan fingerprint density at radius 1 is 0.293 bits per heavy atom. The van der Waals surface area contributed by atoms with Gasteiger partial charge in [-0.3, -0.25) is 4.90 Å². The third kappa shape index (κ3) is 5.80. The molecule has 0 fully saturated rings. The van der Waals surface area contributed by atoms with Gasteiger partial charge in [0.2, 0.25) is 0 Å². The van der Waals surface area contributed by atoms with E-state index in [0.29, 0.717) is 0 Å². The summed E-state index contributed by atoms with van der Waals surface area (Å²) in [6.07, 6.45) is 0. The van der Waals surface area contributed by atoms with Crippen molar-refractivity contribution in [3.8, 4) is 22.3 Å². The van der Waals surface area contributed by atoms with Gasteiger partial charge in [-0.05, 0) is 117 Å². The van der Waals surface area contributed by atoms with Gasteiger partial charge >= 0.3 is 0 Å². The predicted octanol–water partition coefficient (Wildman–Crippen LogP) is 15.4. The van der Waals surface area contributed by atoms with Crippen molar-refractivity contribution in [2.45, 2.75) is 0 Å². The van der Waals surface area contributed by atoms with Gasteiger partial charge in [-0.25, -0.2) is 4.98 Å². The molecule has 0 atom stereocenters. The minimum Gasteiger partial charge on any atom is -0.310 e. The molecule has 1 aromatic heterocycles. The van der Waals surface area contributed by atoms with Gasteiger partial charge in [0.1, 0.15) is 5.82 Å². The molecule has 58 heavy (non-hydrogen) atoms. The average molecular weight is 740 g/mol. The van der Waals surface area contributed by atoms with Crippen LogP contribution in [0.25, 0.3) is 65.5 Å². The van der Waals surface area contributed by atoms with Crippen LogP contribution >= 0.6 is 0 Å². The third-order valence-corrected chi connectivity index (χ3v) is 11.3. The first-order valence-corrected chi connectivity index (χ1v) is 19.8. The maximum absolute atomic E-state index is 5.22. The minimum absolute atomic E-state index is 0.878. The molecule has 3 nitrogen and oxygen atoms in total. The summed E-state index contributed by atoms with van der Waals surface area (Å²) in [6, 6.07) is 80.6. The molecule has 0 bridgehead atoms. The molecule has 0 saturated carbocycles. The third-order valence-electron chi connectivity index (χ3n) is 11.3. The Labute approximate surface area is 337 Å². The van der Waals surface area contributed by atoms with E-state index in [2.05, 4.69) is 234 Å². The first kappa shape index (κ1) is 33.6. The average Bonchev–Trinajstić information content (AvgIpc) is 3.30. The van der Waals surface area contributed by atoms with Crippen molar-refractivity contribution in [2.75, 3.05) is 9.80 Å². The molecule has 11 aromatic rings. The van der Waals surface area contributed by atoms with Crippen LogP contribution in [0, 0.1) is 0 Å². The first-order chi connectivity index (χ1) is 28.8. The van der Waals surface area contributed by atoms with Crippen LogP contribution in [0.1, 0.15) is 0 Å². The Kier molecular flexibility index (Phi) is 8.15. The van der Waals surface area contributed by atoms with Gasteiger partial charge in [0.15, 0.2) is 0 Å². The van der Waals surface area contributed by atoms with E-state index in [-0.39, 0.29) is 0 Å². The van der Waals surface area contributed by atoms with Gasteiger partial charge in [0.25, 0.3) is 0 Å². The standard InChI is InChI=1S/C55H37N3/c1-5-15-38(16-6-1)43-35-44(39-17-7-2-8-18-39)37-47(36-43)57(45-20-9-3-10-21-45)51-32-27-41-26-31-49-52(33-28-42-25-30-48(51)54(41)55(42)49)58(46-22-11-4-12-23-46)53-34-29-40-19-13-14-24-50(40)56-53/h1-37H. The van der Waals surface area contributed by atoms with E-state index in [1.54, 1.807) is 0 Å². The summed E-state index contributed by atoms with van der Waals surface area (Å²) in [5.74, 6) is 0.878. The molecular formula is C55H37N3. The van der Waals surface area contributed by atoms with Crippen molar-refractivity contribution >= 4 is 77.5 Å². The number of pyridine rings is 1. The molecule has 0 radical (unpaired) electrons. The molecule has 0 aliphatic rings. The van der Waals surface area contributed by atoms with Crippen LogP contribution in [0.15, 0.2) is 224 Å². The van der Waals surface area contributed by atoms with E-state index < -0.39 is 0 Å². The Hall–Kier alpha value is -7.75. The summed E-state index contributed by atoms with van der Waals surface area (Å²) in [6.45, 7) is 0. The molecule has 1 heterocycles. The van der Waals surface area contributed by atoms with E-state index in [9.17, 15) is 0 Å². The molecule has 0 amide bonds. The van der Waals surface area contributed by atoms with Crippen molar-refractivity contribution < 1.29 is 0 Å². The summed E-state index contributed by atoms with van der Waals surface area (Å²) >= 11 is 0. The fraction of sp³-hybridized carbons (Fsp3) is 0. The number of hydrogen-bond acceptors (Lipinski definition) is 3. The molecule has 0 saturated heterocycles. The lowest BCUT2D eigenvalue weighted by Gasteiger charge is -2.29. The monoisotopic (exact) mass is 739 g/mol. The second-order valence-corrected chi connectivity index (χ2v) is 14.8. The van der Waals surface area contributed by atoms with Crippen LogP contribution in [0.2, 0.25) is 0 Å². The zero-order valence-electron chi connectivity index (χ0n) is 31.7. The quantitative estimate of drug-likeness (QED) is 0.145. The highest BCUT2D eigenvalue weighted by atomic mass is 15.2. The van der Waals surface area contributed by atoms with Gasteiger partial charge in [0.05, 0.1) is 16.9 Å².